The first-order valence-electron chi connectivity index (χ1n) is 9.64. The van der Waals surface area contributed by atoms with Crippen LogP contribution in [0.5, 0.6) is 0 Å². The van der Waals surface area contributed by atoms with Crippen LogP contribution < -0.4 is 10.6 Å². The molecule has 1 aromatic rings. The van der Waals surface area contributed by atoms with Gasteiger partial charge >= 0.3 is 0 Å². The van der Waals surface area contributed by atoms with Crippen LogP contribution in [-0.4, -0.2) is 35.6 Å². The molecule has 3 unspecified atom stereocenters. The molecule has 0 bridgehead atoms. The molecule has 2 N–H and O–H groups in total. The molecule has 7 heteroatoms. The molecule has 1 fully saturated rings. The first-order valence-corrected chi connectivity index (χ1v) is 11.6. The number of fused-ring (bicyclic) bond motifs is 1. The molecule has 0 saturated heterocycles. The van der Waals surface area contributed by atoms with Crippen LogP contribution in [-0.2, 0) is 0 Å². The Bertz CT molecular complexity index is 843. The molecule has 3 rings (SSSR count). The van der Waals surface area contributed by atoms with E-state index in [1.54, 1.807) is 23.5 Å². The van der Waals surface area contributed by atoms with Gasteiger partial charge in [0.25, 0.3) is 0 Å². The molecule has 3 atom stereocenters. The Morgan fingerprint density at radius 3 is 2.07 bits per heavy atom. The van der Waals surface area contributed by atoms with Gasteiger partial charge in [-0.25, -0.2) is 4.99 Å². The molecule has 1 aromatic carbocycles. The van der Waals surface area contributed by atoms with Crippen LogP contribution in [0, 0.1) is 33.5 Å². The zero-order chi connectivity index (χ0) is 20.6. The number of anilines is 1. The highest BCUT2D eigenvalue weighted by atomic mass is 32.2. The molecule has 1 aliphatic heterocycles. The van der Waals surface area contributed by atoms with Crippen LogP contribution in [0.4, 0.5) is 5.69 Å². The monoisotopic (exact) mass is 413 g/mol. The number of nitriles is 2. The highest BCUT2D eigenvalue weighted by Gasteiger charge is 2.91. The Hall–Kier alpha value is -1.83. The number of rotatable bonds is 8. The minimum atomic E-state index is -1.04. The minimum Gasteiger partial charge on any atom is -0.386 e. The molecule has 28 heavy (non-hydrogen) atoms. The minimum absolute atomic E-state index is 0.252. The van der Waals surface area contributed by atoms with Gasteiger partial charge in [0.05, 0.1) is 12.1 Å². The van der Waals surface area contributed by atoms with Crippen molar-refractivity contribution < 1.29 is 0 Å². The Balaban J connectivity index is 2.12. The van der Waals surface area contributed by atoms with Crippen molar-refractivity contribution in [2.24, 2.45) is 21.6 Å². The molecule has 1 saturated carbocycles. The predicted octanol–water partition coefficient (Wildman–Crippen LogP) is 4.18. The Morgan fingerprint density at radius 2 is 1.64 bits per heavy atom. The topological polar surface area (TPSA) is 89.2 Å². The number of aliphatic imine (C=N–C) groups is 1. The number of hydrogen-bond donors (Lipinski definition) is 1. The molecular formula is C21H27N5S2. The first kappa shape index (κ1) is 20.9. The van der Waals surface area contributed by atoms with Crippen molar-refractivity contribution in [1.82, 2.24) is 0 Å². The zero-order valence-corrected chi connectivity index (χ0v) is 18.5. The lowest BCUT2D eigenvalue weighted by molar-refractivity contribution is 0.563. The average Bonchev–Trinajstić information content (AvgIpc) is 3.28. The number of nitrogens with two attached hydrogens (primary N) is 1. The van der Waals surface area contributed by atoms with Crippen LogP contribution in [0.3, 0.4) is 0 Å². The Kier molecular flexibility index (Phi) is 5.62. The van der Waals surface area contributed by atoms with E-state index >= 15 is 0 Å². The van der Waals surface area contributed by atoms with Gasteiger partial charge in [0.15, 0.2) is 4.20 Å². The molecule has 0 spiro atoms. The van der Waals surface area contributed by atoms with Gasteiger partial charge in [-0.1, -0.05) is 26.0 Å². The van der Waals surface area contributed by atoms with Gasteiger partial charge in [-0.05, 0) is 42.0 Å². The van der Waals surface area contributed by atoms with Gasteiger partial charge in [0.2, 0.25) is 0 Å². The summed E-state index contributed by atoms with van der Waals surface area (Å²) in [6.07, 6.45) is 1.97. The van der Waals surface area contributed by atoms with E-state index in [1.165, 1.54) is 0 Å². The van der Waals surface area contributed by atoms with Crippen molar-refractivity contribution in [3.63, 3.8) is 0 Å². The average molecular weight is 414 g/mol. The summed E-state index contributed by atoms with van der Waals surface area (Å²) >= 11 is 3.36. The number of nitrogens with zero attached hydrogens (tertiary/aromatic N) is 4. The van der Waals surface area contributed by atoms with Crippen molar-refractivity contribution in [3.8, 4) is 12.1 Å². The second-order valence-electron chi connectivity index (χ2n) is 7.53. The molecule has 0 amide bonds. The number of thioether (sulfide) groups is 2. The fourth-order valence-corrected chi connectivity index (χ4v) is 7.53. The number of benzene rings is 1. The molecule has 1 aliphatic carbocycles. The second-order valence-corrected chi connectivity index (χ2v) is 10.4. The SMILES string of the molecule is CCCSC1(SCCC)N=C(N)C2(C#N)C(c3ccc(N(C)C)cc3)C12C#N. The maximum Gasteiger partial charge on any atom is 0.175 e. The van der Waals surface area contributed by atoms with Crippen LogP contribution in [0.2, 0.25) is 0 Å². The van der Waals surface area contributed by atoms with E-state index in [-0.39, 0.29) is 5.92 Å². The number of amidine groups is 1. The summed E-state index contributed by atoms with van der Waals surface area (Å²) < 4.78 is -0.724. The van der Waals surface area contributed by atoms with Gasteiger partial charge in [-0.15, -0.1) is 23.5 Å². The fourth-order valence-electron chi connectivity index (χ4n) is 4.30. The van der Waals surface area contributed by atoms with Crippen molar-refractivity contribution in [2.75, 3.05) is 30.5 Å². The highest BCUT2D eigenvalue weighted by Crippen LogP contribution is 2.85. The standard InChI is InChI=1S/C21H27N5S2/c1-5-11-27-21(28-12-6-2)20(14-23)17(19(20,13-22)18(24)25-21)15-7-9-16(10-8-15)26(3)4/h7-10,17H,5-6,11-12H2,1-4H3,(H2,24,25). The van der Waals surface area contributed by atoms with E-state index in [4.69, 9.17) is 10.7 Å². The summed E-state index contributed by atoms with van der Waals surface area (Å²) in [5, 5.41) is 20.6. The maximum absolute atomic E-state index is 10.4. The second kappa shape index (κ2) is 7.54. The van der Waals surface area contributed by atoms with Crippen LogP contribution >= 0.6 is 23.5 Å². The summed E-state index contributed by atoms with van der Waals surface area (Å²) in [4.78, 5) is 6.83. The van der Waals surface area contributed by atoms with Crippen LogP contribution in [0.1, 0.15) is 38.2 Å². The summed E-state index contributed by atoms with van der Waals surface area (Å²) in [5.41, 5.74) is 6.50. The third-order valence-corrected chi connectivity index (χ3v) is 9.21. The summed E-state index contributed by atoms with van der Waals surface area (Å²) in [7, 11) is 3.99. The third kappa shape index (κ3) is 2.56. The van der Waals surface area contributed by atoms with Gasteiger partial charge in [-0.3, -0.25) is 0 Å². The first-order chi connectivity index (χ1) is 13.4. The lowest BCUT2D eigenvalue weighted by atomic mass is 9.97. The van der Waals surface area contributed by atoms with Crippen molar-refractivity contribution >= 4 is 35.0 Å². The quantitative estimate of drug-likeness (QED) is 0.643. The lowest BCUT2D eigenvalue weighted by Gasteiger charge is -2.32. The van der Waals surface area contributed by atoms with Crippen LogP contribution in [0.25, 0.3) is 0 Å². The normalized spacial score (nSPS) is 29.4. The van der Waals surface area contributed by atoms with Gasteiger partial charge < -0.3 is 10.6 Å². The van der Waals surface area contributed by atoms with E-state index in [0.29, 0.717) is 5.84 Å². The zero-order valence-electron chi connectivity index (χ0n) is 16.9. The van der Waals surface area contributed by atoms with Gasteiger partial charge in [0, 0.05) is 25.7 Å². The summed E-state index contributed by atoms with van der Waals surface area (Å²) in [6.45, 7) is 4.24. The Labute approximate surface area is 176 Å². The summed E-state index contributed by atoms with van der Waals surface area (Å²) in [5.74, 6) is 1.83. The van der Waals surface area contributed by atoms with E-state index in [9.17, 15) is 10.5 Å². The van der Waals surface area contributed by atoms with E-state index in [1.807, 2.05) is 43.3 Å². The predicted molar refractivity (Wildman–Crippen MR) is 119 cm³/mol. The third-order valence-electron chi connectivity index (χ3n) is 5.67. The van der Waals surface area contributed by atoms with E-state index in [2.05, 4.69) is 26.0 Å². The van der Waals surface area contributed by atoms with Gasteiger partial charge in [0.1, 0.15) is 16.7 Å². The molecule has 5 nitrogen and oxygen atoms in total. The maximum atomic E-state index is 10.4. The fraction of sp³-hybridized carbons (Fsp3) is 0.571. The highest BCUT2D eigenvalue weighted by molar-refractivity contribution is 8.18. The van der Waals surface area contributed by atoms with Gasteiger partial charge in [-0.2, -0.15) is 10.5 Å². The molecule has 1 heterocycles. The van der Waals surface area contributed by atoms with E-state index in [0.717, 1.165) is 35.6 Å². The molecular weight excluding hydrogens is 386 g/mol. The molecule has 2 aliphatic rings. The number of hydrogen-bond acceptors (Lipinski definition) is 7. The smallest absolute Gasteiger partial charge is 0.175 e. The molecule has 148 valence electrons. The summed E-state index contributed by atoms with van der Waals surface area (Å²) in [6, 6.07) is 13.1. The van der Waals surface area contributed by atoms with Crippen molar-refractivity contribution in [3.05, 3.63) is 29.8 Å². The van der Waals surface area contributed by atoms with Crippen molar-refractivity contribution in [1.29, 1.82) is 10.5 Å². The molecule has 0 aromatic heterocycles. The Morgan fingerprint density at radius 1 is 1.07 bits per heavy atom. The molecule has 0 radical (unpaired) electrons. The van der Waals surface area contributed by atoms with Crippen LogP contribution in [0.15, 0.2) is 29.3 Å². The van der Waals surface area contributed by atoms with E-state index < -0.39 is 15.0 Å². The lowest BCUT2D eigenvalue weighted by Crippen LogP contribution is -2.32. The van der Waals surface area contributed by atoms with Crippen molar-refractivity contribution in [2.45, 2.75) is 36.8 Å². The largest absolute Gasteiger partial charge is 0.386 e.